The Balaban J connectivity index is 1.70. The van der Waals surface area contributed by atoms with Gasteiger partial charge in [-0.05, 0) is 103 Å². The summed E-state index contributed by atoms with van der Waals surface area (Å²) in [7, 11) is 0. The summed E-state index contributed by atoms with van der Waals surface area (Å²) in [6.07, 6.45) is 1.84. The molecule has 166 valence electrons. The molecule has 1 aliphatic heterocycles. The first-order valence-corrected chi connectivity index (χ1v) is 12.2. The summed E-state index contributed by atoms with van der Waals surface area (Å²) in [5, 5.41) is 4.28. The molecule has 4 aromatic rings. The van der Waals surface area contributed by atoms with Crippen molar-refractivity contribution >= 4 is 38.9 Å². The lowest BCUT2D eigenvalue weighted by atomic mass is 9.96. The highest BCUT2D eigenvalue weighted by Gasteiger charge is 2.42. The molecule has 1 N–H and O–H groups in total. The Bertz CT molecular complexity index is 1330. The maximum atomic E-state index is 5.89. The molecule has 5 rings (SSSR count). The van der Waals surface area contributed by atoms with Gasteiger partial charge in [-0.3, -0.25) is 4.98 Å². The normalized spacial score (nSPS) is 17.9. The van der Waals surface area contributed by atoms with Gasteiger partial charge in [-0.25, -0.2) is 0 Å². The Hall–Kier alpha value is -2.96. The number of hydrogen-bond donors (Lipinski definition) is 1. The highest BCUT2D eigenvalue weighted by molar-refractivity contribution is 9.10. The van der Waals surface area contributed by atoms with E-state index in [2.05, 4.69) is 111 Å². The number of hydrogen-bond acceptors (Lipinski definition) is 2. The molecule has 0 bridgehead atoms. The van der Waals surface area contributed by atoms with Crippen LogP contribution in [0.1, 0.15) is 40.3 Å². The van der Waals surface area contributed by atoms with Crippen molar-refractivity contribution in [1.29, 1.82) is 0 Å². The second kappa shape index (κ2) is 8.76. The van der Waals surface area contributed by atoms with E-state index in [-0.39, 0.29) is 12.1 Å². The summed E-state index contributed by atoms with van der Waals surface area (Å²) in [5.41, 5.74) is 7.99. The second-order valence-corrected chi connectivity index (χ2v) is 9.69. The van der Waals surface area contributed by atoms with Crippen LogP contribution in [0.3, 0.4) is 0 Å². The van der Waals surface area contributed by atoms with Crippen molar-refractivity contribution in [1.82, 2.24) is 14.9 Å². The molecule has 0 aliphatic carbocycles. The fraction of sp³-hybridized carbons (Fsp3) is 0.185. The molecule has 2 atom stereocenters. The zero-order valence-corrected chi connectivity index (χ0v) is 21.2. The number of nitrogens with one attached hydrogen (secondary N) is 1. The largest absolute Gasteiger partial charge is 0.351 e. The summed E-state index contributed by atoms with van der Waals surface area (Å²) in [6.45, 7) is 6.45. The van der Waals surface area contributed by atoms with Gasteiger partial charge in [0.15, 0.2) is 5.11 Å². The van der Waals surface area contributed by atoms with Gasteiger partial charge < -0.3 is 14.8 Å². The molecule has 2 aromatic heterocycles. The van der Waals surface area contributed by atoms with Crippen LogP contribution in [-0.2, 0) is 0 Å². The Kier molecular flexibility index (Phi) is 5.81. The molecule has 0 radical (unpaired) electrons. The molecule has 4 nitrogen and oxygen atoms in total. The Labute approximate surface area is 208 Å². The molecular formula is C27H25BrN4S. The van der Waals surface area contributed by atoms with Crippen LogP contribution in [0.15, 0.2) is 83.5 Å². The van der Waals surface area contributed by atoms with Gasteiger partial charge in [-0.2, -0.15) is 0 Å². The zero-order valence-electron chi connectivity index (χ0n) is 18.8. The van der Waals surface area contributed by atoms with Crippen LogP contribution in [0.25, 0.3) is 5.69 Å². The molecule has 0 unspecified atom stereocenters. The fourth-order valence-corrected chi connectivity index (χ4v) is 5.63. The highest BCUT2D eigenvalue weighted by Crippen LogP contribution is 2.44. The molecule has 33 heavy (non-hydrogen) atoms. The number of aryl methyl sites for hydroxylation is 2. The lowest BCUT2D eigenvalue weighted by Gasteiger charge is -2.28. The van der Waals surface area contributed by atoms with Crippen LogP contribution in [-0.4, -0.2) is 14.7 Å². The summed E-state index contributed by atoms with van der Waals surface area (Å²) < 4.78 is 3.38. The maximum absolute atomic E-state index is 5.89. The third-order valence-electron chi connectivity index (χ3n) is 6.26. The van der Waals surface area contributed by atoms with Crippen molar-refractivity contribution < 1.29 is 0 Å². The summed E-state index contributed by atoms with van der Waals surface area (Å²) in [6, 6.07) is 25.1. The van der Waals surface area contributed by atoms with Gasteiger partial charge in [0, 0.05) is 27.7 Å². The number of para-hydroxylation sites is 1. The molecule has 0 saturated carbocycles. The molecule has 0 amide bonds. The molecule has 3 heterocycles. The van der Waals surface area contributed by atoms with Crippen LogP contribution >= 0.6 is 28.1 Å². The molecule has 0 spiro atoms. The van der Waals surface area contributed by atoms with E-state index in [0.717, 1.165) is 21.5 Å². The van der Waals surface area contributed by atoms with Gasteiger partial charge in [0.05, 0.1) is 23.5 Å². The maximum Gasteiger partial charge on any atom is 0.174 e. The van der Waals surface area contributed by atoms with E-state index in [9.17, 15) is 0 Å². The van der Waals surface area contributed by atoms with E-state index in [1.54, 1.807) is 0 Å². The fourth-order valence-electron chi connectivity index (χ4n) is 4.82. The van der Waals surface area contributed by atoms with Crippen molar-refractivity contribution in [3.05, 3.63) is 112 Å². The first-order chi connectivity index (χ1) is 16.0. The summed E-state index contributed by atoms with van der Waals surface area (Å²) in [4.78, 5) is 6.93. The molecule has 1 aliphatic rings. The summed E-state index contributed by atoms with van der Waals surface area (Å²) in [5.74, 6) is 0. The number of halogens is 1. The SMILES string of the molecule is Cc1cccc(N2C(=S)N[C@H](c3ccccn3)[C@H]2c2cc(C)n(-c3ccccc3Br)c2C)c1. The van der Waals surface area contributed by atoms with Crippen molar-refractivity contribution in [2.75, 3.05) is 4.90 Å². The van der Waals surface area contributed by atoms with Gasteiger partial charge in [-0.15, -0.1) is 0 Å². The predicted octanol–water partition coefficient (Wildman–Crippen LogP) is 6.74. The number of pyridine rings is 1. The minimum Gasteiger partial charge on any atom is -0.351 e. The standard InChI is InChI=1S/C27H25BrN4S/c1-17-9-8-10-20(15-17)32-26(25(30-27(32)33)23-12-6-7-14-29-23)21-16-18(2)31(19(21)3)24-13-5-4-11-22(24)28/h4-16,25-26H,1-3H3,(H,30,33)/t25-,26-/m1/s1. The number of anilines is 1. The number of aromatic nitrogens is 2. The predicted molar refractivity (Wildman–Crippen MR) is 142 cm³/mol. The number of nitrogens with zero attached hydrogens (tertiary/aromatic N) is 3. The van der Waals surface area contributed by atoms with Crippen molar-refractivity contribution in [2.24, 2.45) is 0 Å². The van der Waals surface area contributed by atoms with Crippen LogP contribution < -0.4 is 10.2 Å². The minimum absolute atomic E-state index is 0.0309. The second-order valence-electron chi connectivity index (χ2n) is 8.45. The van der Waals surface area contributed by atoms with Crippen LogP contribution in [0.5, 0.6) is 0 Å². The van der Waals surface area contributed by atoms with E-state index in [0.29, 0.717) is 5.11 Å². The first kappa shape index (κ1) is 21.9. The lowest BCUT2D eigenvalue weighted by Crippen LogP contribution is -2.29. The van der Waals surface area contributed by atoms with E-state index in [1.165, 1.54) is 22.5 Å². The Morgan fingerprint density at radius 2 is 1.73 bits per heavy atom. The van der Waals surface area contributed by atoms with Crippen LogP contribution in [0, 0.1) is 20.8 Å². The molecular weight excluding hydrogens is 492 g/mol. The molecule has 1 fully saturated rings. The van der Waals surface area contributed by atoms with E-state index in [4.69, 9.17) is 12.2 Å². The van der Waals surface area contributed by atoms with Gasteiger partial charge >= 0.3 is 0 Å². The van der Waals surface area contributed by atoms with E-state index in [1.807, 2.05) is 24.4 Å². The van der Waals surface area contributed by atoms with E-state index < -0.39 is 0 Å². The zero-order chi connectivity index (χ0) is 23.1. The van der Waals surface area contributed by atoms with Crippen molar-refractivity contribution in [3.63, 3.8) is 0 Å². The van der Waals surface area contributed by atoms with Gasteiger partial charge in [0.1, 0.15) is 0 Å². The van der Waals surface area contributed by atoms with Crippen molar-refractivity contribution in [2.45, 2.75) is 32.9 Å². The molecule has 6 heteroatoms. The number of rotatable bonds is 4. The van der Waals surface area contributed by atoms with Crippen LogP contribution in [0.4, 0.5) is 5.69 Å². The summed E-state index contributed by atoms with van der Waals surface area (Å²) >= 11 is 9.62. The average molecular weight is 517 g/mol. The Morgan fingerprint density at radius 3 is 2.45 bits per heavy atom. The smallest absolute Gasteiger partial charge is 0.174 e. The van der Waals surface area contributed by atoms with Gasteiger partial charge in [-0.1, -0.05) is 30.3 Å². The monoisotopic (exact) mass is 516 g/mol. The van der Waals surface area contributed by atoms with Crippen LogP contribution in [0.2, 0.25) is 0 Å². The minimum atomic E-state index is -0.0626. The lowest BCUT2D eigenvalue weighted by molar-refractivity contribution is 0.565. The third-order valence-corrected chi connectivity index (χ3v) is 7.25. The Morgan fingerprint density at radius 1 is 0.939 bits per heavy atom. The van der Waals surface area contributed by atoms with Gasteiger partial charge in [0.25, 0.3) is 0 Å². The quantitative estimate of drug-likeness (QED) is 0.304. The van der Waals surface area contributed by atoms with Gasteiger partial charge in [0.2, 0.25) is 0 Å². The molecule has 2 aromatic carbocycles. The average Bonchev–Trinajstić information content (AvgIpc) is 3.30. The number of thiocarbonyl (C=S) groups is 1. The first-order valence-electron chi connectivity index (χ1n) is 11.0. The molecule has 1 saturated heterocycles. The van der Waals surface area contributed by atoms with E-state index >= 15 is 0 Å². The third kappa shape index (κ3) is 3.87. The number of benzene rings is 2. The topological polar surface area (TPSA) is 33.1 Å². The highest BCUT2D eigenvalue weighted by atomic mass is 79.9. The van der Waals surface area contributed by atoms with Crippen molar-refractivity contribution in [3.8, 4) is 5.69 Å².